The maximum atomic E-state index is 4.60. The zero-order valence-electron chi connectivity index (χ0n) is 8.42. The summed E-state index contributed by atoms with van der Waals surface area (Å²) < 4.78 is 0. The Kier molecular flexibility index (Phi) is 2.39. The van der Waals surface area contributed by atoms with E-state index in [1.807, 2.05) is 11.3 Å². The van der Waals surface area contributed by atoms with Gasteiger partial charge in [0.1, 0.15) is 0 Å². The first-order chi connectivity index (χ1) is 6.18. The third-order valence-electron chi connectivity index (χ3n) is 2.50. The highest BCUT2D eigenvalue weighted by atomic mass is 32.1. The van der Waals surface area contributed by atoms with Crippen LogP contribution in [0.2, 0.25) is 0 Å². The minimum atomic E-state index is 0.575. The normalized spacial score (nSPS) is 17.8. The number of rotatable bonds is 2. The first kappa shape index (κ1) is 9.16. The molecule has 1 aliphatic heterocycles. The fourth-order valence-corrected chi connectivity index (χ4v) is 2.70. The van der Waals surface area contributed by atoms with E-state index >= 15 is 0 Å². The molecule has 13 heavy (non-hydrogen) atoms. The Bertz CT molecular complexity index is 300. The Morgan fingerprint density at radius 2 is 2.15 bits per heavy atom. The maximum absolute atomic E-state index is 4.60. The largest absolute Gasteiger partial charge is 0.315 e. The van der Waals surface area contributed by atoms with E-state index in [1.165, 1.54) is 15.6 Å². The molecule has 0 bridgehead atoms. The van der Waals surface area contributed by atoms with Crippen LogP contribution in [0.15, 0.2) is 0 Å². The monoisotopic (exact) mass is 196 g/mol. The lowest BCUT2D eigenvalue weighted by Crippen LogP contribution is -2.39. The molecule has 2 heterocycles. The van der Waals surface area contributed by atoms with Crippen molar-refractivity contribution in [2.24, 2.45) is 0 Å². The van der Waals surface area contributed by atoms with Crippen molar-refractivity contribution >= 4 is 11.3 Å². The van der Waals surface area contributed by atoms with E-state index in [4.69, 9.17) is 0 Å². The summed E-state index contributed by atoms with van der Waals surface area (Å²) in [5.74, 6) is 1.32. The third-order valence-corrected chi connectivity index (χ3v) is 4.12. The average molecular weight is 196 g/mol. The first-order valence-electron chi connectivity index (χ1n) is 4.86. The molecule has 1 N–H and O–H groups in total. The Morgan fingerprint density at radius 1 is 1.46 bits per heavy atom. The van der Waals surface area contributed by atoms with Crippen LogP contribution in [0, 0.1) is 6.92 Å². The average Bonchev–Trinajstić information content (AvgIpc) is 2.29. The Morgan fingerprint density at radius 3 is 2.54 bits per heavy atom. The maximum Gasteiger partial charge on any atom is 0.0956 e. The molecule has 0 amide bonds. The number of nitrogens with zero attached hydrogens (tertiary/aromatic N) is 1. The first-order valence-corrected chi connectivity index (χ1v) is 5.68. The molecule has 1 aliphatic rings. The van der Waals surface area contributed by atoms with Crippen LogP contribution < -0.4 is 5.32 Å². The smallest absolute Gasteiger partial charge is 0.0956 e. The van der Waals surface area contributed by atoms with E-state index in [-0.39, 0.29) is 0 Å². The summed E-state index contributed by atoms with van der Waals surface area (Å²) >= 11 is 1.90. The fourth-order valence-electron chi connectivity index (χ4n) is 1.53. The van der Waals surface area contributed by atoms with Crippen molar-refractivity contribution in [3.8, 4) is 0 Å². The second-order valence-electron chi connectivity index (χ2n) is 4.01. The van der Waals surface area contributed by atoms with Crippen molar-refractivity contribution in [3.63, 3.8) is 0 Å². The molecule has 0 atom stereocenters. The van der Waals surface area contributed by atoms with E-state index in [0.29, 0.717) is 5.92 Å². The number of hydrogen-bond donors (Lipinski definition) is 1. The topological polar surface area (TPSA) is 24.9 Å². The quantitative estimate of drug-likeness (QED) is 0.785. The number of thiazole rings is 1. The number of nitrogens with one attached hydrogen (secondary N) is 1. The van der Waals surface area contributed by atoms with Gasteiger partial charge in [-0.25, -0.2) is 4.98 Å². The molecular weight excluding hydrogens is 180 g/mol. The van der Waals surface area contributed by atoms with E-state index in [0.717, 1.165) is 19.0 Å². The zero-order chi connectivity index (χ0) is 9.42. The van der Waals surface area contributed by atoms with Gasteiger partial charge in [-0.3, -0.25) is 0 Å². The Labute approximate surface area is 83.4 Å². The molecule has 1 fully saturated rings. The summed E-state index contributed by atoms with van der Waals surface area (Å²) in [5.41, 5.74) is 1.25. The van der Waals surface area contributed by atoms with Gasteiger partial charge in [-0.05, 0) is 6.92 Å². The van der Waals surface area contributed by atoms with Gasteiger partial charge in [0.25, 0.3) is 0 Å². The molecule has 1 aromatic rings. The van der Waals surface area contributed by atoms with Gasteiger partial charge in [-0.1, -0.05) is 13.8 Å². The number of aryl methyl sites for hydroxylation is 1. The van der Waals surface area contributed by atoms with Crippen molar-refractivity contribution in [2.75, 3.05) is 13.1 Å². The molecule has 3 heteroatoms. The van der Waals surface area contributed by atoms with Crippen molar-refractivity contribution in [3.05, 3.63) is 15.6 Å². The van der Waals surface area contributed by atoms with Gasteiger partial charge in [0, 0.05) is 29.8 Å². The summed E-state index contributed by atoms with van der Waals surface area (Å²) in [4.78, 5) is 6.11. The SMILES string of the molecule is Cc1nc(C(C)C)sc1C1CNC1. The van der Waals surface area contributed by atoms with E-state index in [2.05, 4.69) is 31.1 Å². The fraction of sp³-hybridized carbons (Fsp3) is 0.700. The molecule has 1 saturated heterocycles. The highest BCUT2D eigenvalue weighted by molar-refractivity contribution is 7.12. The molecule has 2 nitrogen and oxygen atoms in total. The molecule has 0 aliphatic carbocycles. The van der Waals surface area contributed by atoms with E-state index in [9.17, 15) is 0 Å². The van der Waals surface area contributed by atoms with Gasteiger partial charge in [-0.15, -0.1) is 11.3 Å². The second-order valence-corrected chi connectivity index (χ2v) is 5.07. The van der Waals surface area contributed by atoms with Crippen LogP contribution in [-0.4, -0.2) is 18.1 Å². The highest BCUT2D eigenvalue weighted by Gasteiger charge is 2.24. The van der Waals surface area contributed by atoms with Crippen molar-refractivity contribution in [1.82, 2.24) is 10.3 Å². The summed E-state index contributed by atoms with van der Waals surface area (Å²) in [6.07, 6.45) is 0. The third kappa shape index (κ3) is 1.63. The lowest BCUT2D eigenvalue weighted by molar-refractivity contribution is 0.452. The van der Waals surface area contributed by atoms with Crippen LogP contribution in [0.25, 0.3) is 0 Å². The lowest BCUT2D eigenvalue weighted by atomic mass is 10.0. The lowest BCUT2D eigenvalue weighted by Gasteiger charge is -2.26. The molecule has 0 spiro atoms. The predicted octanol–water partition coefficient (Wildman–Crippen LogP) is 2.26. The Balaban J connectivity index is 2.24. The number of aromatic nitrogens is 1. The van der Waals surface area contributed by atoms with Crippen LogP contribution in [0.3, 0.4) is 0 Å². The van der Waals surface area contributed by atoms with Crippen LogP contribution in [0.5, 0.6) is 0 Å². The predicted molar refractivity (Wildman–Crippen MR) is 56.6 cm³/mol. The van der Waals surface area contributed by atoms with Gasteiger partial charge in [-0.2, -0.15) is 0 Å². The van der Waals surface area contributed by atoms with Crippen molar-refractivity contribution in [2.45, 2.75) is 32.6 Å². The molecule has 72 valence electrons. The van der Waals surface area contributed by atoms with Crippen LogP contribution in [0.4, 0.5) is 0 Å². The summed E-state index contributed by atoms with van der Waals surface area (Å²) in [7, 11) is 0. The molecule has 1 aromatic heterocycles. The van der Waals surface area contributed by atoms with Gasteiger partial charge < -0.3 is 5.32 Å². The second kappa shape index (κ2) is 3.39. The van der Waals surface area contributed by atoms with Gasteiger partial charge >= 0.3 is 0 Å². The summed E-state index contributed by atoms with van der Waals surface area (Å²) in [6.45, 7) is 8.83. The highest BCUT2D eigenvalue weighted by Crippen LogP contribution is 2.32. The van der Waals surface area contributed by atoms with Crippen molar-refractivity contribution < 1.29 is 0 Å². The van der Waals surface area contributed by atoms with E-state index < -0.39 is 0 Å². The molecular formula is C10H16N2S. The van der Waals surface area contributed by atoms with E-state index in [1.54, 1.807) is 0 Å². The number of hydrogen-bond acceptors (Lipinski definition) is 3. The van der Waals surface area contributed by atoms with Crippen LogP contribution in [0.1, 0.15) is 41.3 Å². The standard InChI is InChI=1S/C10H16N2S/c1-6(2)10-12-7(3)9(13-10)8-4-11-5-8/h6,8,11H,4-5H2,1-3H3. The molecule has 2 rings (SSSR count). The van der Waals surface area contributed by atoms with Gasteiger partial charge in [0.15, 0.2) is 0 Å². The van der Waals surface area contributed by atoms with Gasteiger partial charge in [0.2, 0.25) is 0 Å². The van der Waals surface area contributed by atoms with Crippen LogP contribution in [-0.2, 0) is 0 Å². The van der Waals surface area contributed by atoms with Crippen LogP contribution >= 0.6 is 11.3 Å². The minimum absolute atomic E-state index is 0.575. The van der Waals surface area contributed by atoms with Crippen molar-refractivity contribution in [1.29, 1.82) is 0 Å². The molecule has 0 saturated carbocycles. The van der Waals surface area contributed by atoms with Gasteiger partial charge in [0.05, 0.1) is 10.7 Å². The molecule has 0 unspecified atom stereocenters. The Hall–Kier alpha value is -0.410. The zero-order valence-corrected chi connectivity index (χ0v) is 9.24. The summed E-state index contributed by atoms with van der Waals surface area (Å²) in [6, 6.07) is 0. The molecule has 0 radical (unpaired) electrons. The minimum Gasteiger partial charge on any atom is -0.315 e. The molecule has 0 aromatic carbocycles. The summed E-state index contributed by atoms with van der Waals surface area (Å²) in [5, 5.41) is 4.60.